The van der Waals surface area contributed by atoms with Gasteiger partial charge in [0.05, 0.1) is 34.4 Å². The minimum atomic E-state index is -0.730. The Morgan fingerprint density at radius 3 is 2.28 bits per heavy atom. The van der Waals surface area contributed by atoms with Crippen LogP contribution >= 0.6 is 0 Å². The highest BCUT2D eigenvalue weighted by atomic mass is 16.6. The molecule has 0 bridgehead atoms. The molecular weight excluding hydrogens is 500 g/mol. The molecule has 2 aromatic heterocycles. The molecule has 2 amide bonds. The number of nitrogens with one attached hydrogen (secondary N) is 1. The number of carbonyl (C=O) groups is 2. The number of imide groups is 1. The van der Waals surface area contributed by atoms with E-state index in [0.717, 1.165) is 24.5 Å². The van der Waals surface area contributed by atoms with Crippen molar-refractivity contribution in [1.29, 1.82) is 0 Å². The Kier molecular flexibility index (Phi) is 6.29. The number of carbonyl (C=O) groups excluding carboxylic acids is 2. The molecule has 196 valence electrons. The summed E-state index contributed by atoms with van der Waals surface area (Å²) < 4.78 is 10.9. The van der Waals surface area contributed by atoms with Crippen LogP contribution in [-0.2, 0) is 11.3 Å². The smallest absolute Gasteiger partial charge is 0.301 e. The van der Waals surface area contributed by atoms with Crippen LogP contribution < -0.4 is 10.2 Å². The van der Waals surface area contributed by atoms with Crippen LogP contribution in [0.1, 0.15) is 40.3 Å². The van der Waals surface area contributed by atoms with Gasteiger partial charge >= 0.3 is 5.91 Å². The third-order valence-electron chi connectivity index (χ3n) is 6.90. The SMILES string of the molecule is O=C1/C(=C(\Nc2ccc(CN3CCCC3)cc2)c2ccco2)c2ccc([N+](=O)[O-])cc2N1C(=O)c1ccco1. The average Bonchev–Trinajstić information content (AvgIpc) is 3.76. The van der Waals surface area contributed by atoms with E-state index in [1.165, 1.54) is 61.3 Å². The van der Waals surface area contributed by atoms with E-state index in [1.807, 2.05) is 24.3 Å². The second-order valence-electron chi connectivity index (χ2n) is 9.41. The number of nitro groups is 1. The lowest BCUT2D eigenvalue weighted by Gasteiger charge is -2.16. The molecule has 4 heterocycles. The van der Waals surface area contributed by atoms with Gasteiger partial charge in [-0.15, -0.1) is 0 Å². The van der Waals surface area contributed by atoms with Crippen molar-refractivity contribution in [2.24, 2.45) is 0 Å². The Bertz CT molecular complexity index is 1570. The number of hydrogen-bond acceptors (Lipinski definition) is 8. The lowest BCUT2D eigenvalue weighted by molar-refractivity contribution is -0.384. The molecule has 0 radical (unpaired) electrons. The van der Waals surface area contributed by atoms with E-state index in [0.29, 0.717) is 22.7 Å². The van der Waals surface area contributed by atoms with Crippen LogP contribution in [0.25, 0.3) is 11.3 Å². The minimum Gasteiger partial charge on any atom is -0.463 e. The lowest BCUT2D eigenvalue weighted by Crippen LogP contribution is -2.33. The van der Waals surface area contributed by atoms with Crippen molar-refractivity contribution in [2.75, 3.05) is 23.3 Å². The molecular formula is C29H24N4O6. The number of non-ortho nitro benzene ring substituents is 1. The van der Waals surface area contributed by atoms with Gasteiger partial charge in [0.1, 0.15) is 0 Å². The highest BCUT2D eigenvalue weighted by Gasteiger charge is 2.41. The first kappa shape index (κ1) is 24.4. The maximum absolute atomic E-state index is 13.9. The zero-order valence-corrected chi connectivity index (χ0v) is 20.8. The zero-order chi connectivity index (χ0) is 26.9. The van der Waals surface area contributed by atoms with Gasteiger partial charge in [-0.3, -0.25) is 24.6 Å². The standard InChI is InChI=1S/C29H24N4O6/c34-28(25-6-4-16-39-25)32-23-17-21(33(36)37)11-12-22(23)26(29(32)35)27(24-5-3-15-38-24)30-20-9-7-19(8-10-20)18-31-13-1-2-14-31/h3-12,15-17,30H,1-2,13-14,18H2/b27-26-. The Hall–Kier alpha value is -4.96. The summed E-state index contributed by atoms with van der Waals surface area (Å²) in [5.74, 6) is -1.08. The molecule has 2 aliphatic rings. The number of amides is 2. The molecule has 0 atom stereocenters. The van der Waals surface area contributed by atoms with Crippen LogP contribution in [0.3, 0.4) is 0 Å². The molecule has 1 saturated heterocycles. The second-order valence-corrected chi connectivity index (χ2v) is 9.41. The van der Waals surface area contributed by atoms with E-state index in [9.17, 15) is 19.7 Å². The first-order valence-electron chi connectivity index (χ1n) is 12.6. The molecule has 0 spiro atoms. The number of fused-ring (bicyclic) bond motifs is 1. The number of hydrogen-bond donors (Lipinski definition) is 1. The molecule has 39 heavy (non-hydrogen) atoms. The van der Waals surface area contributed by atoms with Crippen molar-refractivity contribution >= 4 is 40.1 Å². The van der Waals surface area contributed by atoms with Gasteiger partial charge < -0.3 is 14.2 Å². The van der Waals surface area contributed by atoms with Crippen molar-refractivity contribution in [3.8, 4) is 0 Å². The van der Waals surface area contributed by atoms with Gasteiger partial charge in [-0.05, 0) is 74.0 Å². The van der Waals surface area contributed by atoms with Crippen LogP contribution in [0, 0.1) is 10.1 Å². The molecule has 1 fully saturated rings. The number of nitrogens with zero attached hydrogens (tertiary/aromatic N) is 3. The summed E-state index contributed by atoms with van der Waals surface area (Å²) in [6.45, 7) is 3.07. The number of likely N-dealkylation sites (tertiary alicyclic amines) is 1. The fourth-order valence-corrected chi connectivity index (χ4v) is 5.02. The second kappa shape index (κ2) is 10.1. The Labute approximate surface area is 223 Å². The molecule has 6 rings (SSSR count). The molecule has 0 unspecified atom stereocenters. The van der Waals surface area contributed by atoms with E-state index in [-0.39, 0.29) is 22.7 Å². The topological polar surface area (TPSA) is 122 Å². The molecule has 10 heteroatoms. The average molecular weight is 525 g/mol. The summed E-state index contributed by atoms with van der Waals surface area (Å²) in [5.41, 5.74) is 2.58. The van der Waals surface area contributed by atoms with Gasteiger partial charge in [-0.2, -0.15) is 0 Å². The normalized spacial score (nSPS) is 16.4. The van der Waals surface area contributed by atoms with Crippen molar-refractivity contribution in [1.82, 2.24) is 4.90 Å². The summed E-state index contributed by atoms with van der Waals surface area (Å²) in [4.78, 5) is 41.5. The van der Waals surface area contributed by atoms with E-state index in [4.69, 9.17) is 8.83 Å². The first-order valence-corrected chi connectivity index (χ1v) is 12.6. The minimum absolute atomic E-state index is 0.0665. The van der Waals surface area contributed by atoms with Gasteiger partial charge in [-0.25, -0.2) is 4.90 Å². The van der Waals surface area contributed by atoms with Crippen LogP contribution in [0.2, 0.25) is 0 Å². The highest BCUT2D eigenvalue weighted by Crippen LogP contribution is 2.43. The summed E-state index contributed by atoms with van der Waals surface area (Å²) >= 11 is 0. The first-order chi connectivity index (χ1) is 19.0. The van der Waals surface area contributed by atoms with Crippen LogP contribution in [0.5, 0.6) is 0 Å². The molecule has 1 N–H and O–H groups in total. The van der Waals surface area contributed by atoms with Gasteiger partial charge in [0.25, 0.3) is 11.6 Å². The fraction of sp³-hybridized carbons (Fsp3) is 0.172. The molecule has 2 aromatic carbocycles. The Morgan fingerprint density at radius 2 is 1.64 bits per heavy atom. The number of anilines is 2. The van der Waals surface area contributed by atoms with Crippen molar-refractivity contribution < 1.29 is 23.3 Å². The third-order valence-corrected chi connectivity index (χ3v) is 6.90. The van der Waals surface area contributed by atoms with Crippen LogP contribution in [0.4, 0.5) is 17.1 Å². The number of nitro benzene ring substituents is 1. The molecule has 10 nitrogen and oxygen atoms in total. The summed E-state index contributed by atoms with van der Waals surface area (Å²) in [7, 11) is 0. The zero-order valence-electron chi connectivity index (χ0n) is 20.8. The fourth-order valence-electron chi connectivity index (χ4n) is 5.02. The highest BCUT2D eigenvalue weighted by molar-refractivity contribution is 6.45. The molecule has 4 aromatic rings. The van der Waals surface area contributed by atoms with E-state index < -0.39 is 16.7 Å². The third kappa shape index (κ3) is 4.62. The van der Waals surface area contributed by atoms with Crippen LogP contribution in [0.15, 0.2) is 88.1 Å². The Morgan fingerprint density at radius 1 is 0.949 bits per heavy atom. The van der Waals surface area contributed by atoms with E-state index in [1.54, 1.807) is 12.1 Å². The molecule has 2 aliphatic heterocycles. The van der Waals surface area contributed by atoms with Crippen molar-refractivity contribution in [3.05, 3.63) is 112 Å². The maximum Gasteiger partial charge on any atom is 0.301 e. The van der Waals surface area contributed by atoms with E-state index in [2.05, 4.69) is 10.2 Å². The summed E-state index contributed by atoms with van der Waals surface area (Å²) in [5, 5.41) is 14.8. The van der Waals surface area contributed by atoms with Crippen molar-refractivity contribution in [2.45, 2.75) is 19.4 Å². The predicted octanol–water partition coefficient (Wildman–Crippen LogP) is 5.54. The van der Waals surface area contributed by atoms with Gasteiger partial charge in [-0.1, -0.05) is 12.1 Å². The van der Waals surface area contributed by atoms with Gasteiger partial charge in [0.15, 0.2) is 11.5 Å². The largest absolute Gasteiger partial charge is 0.463 e. The number of rotatable bonds is 7. The Balaban J connectivity index is 1.43. The molecule has 0 saturated carbocycles. The predicted molar refractivity (Wildman–Crippen MR) is 144 cm³/mol. The number of furan rings is 2. The quantitative estimate of drug-likeness (QED) is 0.145. The van der Waals surface area contributed by atoms with Crippen molar-refractivity contribution in [3.63, 3.8) is 0 Å². The summed E-state index contributed by atoms with van der Waals surface area (Å²) in [6, 6.07) is 18.3. The summed E-state index contributed by atoms with van der Waals surface area (Å²) in [6.07, 6.45) is 5.25. The van der Waals surface area contributed by atoms with Crippen LogP contribution in [-0.4, -0.2) is 34.7 Å². The van der Waals surface area contributed by atoms with Gasteiger partial charge in [0.2, 0.25) is 0 Å². The van der Waals surface area contributed by atoms with E-state index >= 15 is 0 Å². The number of benzene rings is 2. The van der Waals surface area contributed by atoms with Gasteiger partial charge in [0, 0.05) is 29.9 Å². The monoisotopic (exact) mass is 524 g/mol. The maximum atomic E-state index is 13.9. The molecule has 0 aliphatic carbocycles. The lowest BCUT2D eigenvalue weighted by atomic mass is 10.0.